The lowest BCUT2D eigenvalue weighted by molar-refractivity contribution is 0.644. The van der Waals surface area contributed by atoms with Gasteiger partial charge in [0.2, 0.25) is 0 Å². The van der Waals surface area contributed by atoms with E-state index in [1.807, 2.05) is 12.1 Å². The molecule has 0 aliphatic carbocycles. The number of aromatic nitrogens is 4. The van der Waals surface area contributed by atoms with Crippen molar-refractivity contribution in [2.45, 2.75) is 10.9 Å². The Labute approximate surface area is 118 Å². The second-order valence-electron chi connectivity index (χ2n) is 4.11. The Morgan fingerprint density at radius 3 is 2.85 bits per heavy atom. The maximum atomic E-state index is 12.2. The molecule has 0 atom stereocenters. The summed E-state index contributed by atoms with van der Waals surface area (Å²) < 4.78 is 1.32. The van der Waals surface area contributed by atoms with Crippen molar-refractivity contribution in [3.8, 4) is 0 Å². The van der Waals surface area contributed by atoms with Crippen molar-refractivity contribution in [3.63, 3.8) is 0 Å². The van der Waals surface area contributed by atoms with Gasteiger partial charge in [0.25, 0.3) is 5.56 Å². The first-order valence-electron chi connectivity index (χ1n) is 5.91. The molecule has 0 radical (unpaired) electrons. The fourth-order valence-electron chi connectivity index (χ4n) is 1.71. The van der Waals surface area contributed by atoms with Crippen LogP contribution >= 0.6 is 11.8 Å². The lowest BCUT2D eigenvalue weighted by Gasteiger charge is -2.04. The highest BCUT2D eigenvalue weighted by Crippen LogP contribution is 2.17. The lowest BCUT2D eigenvalue weighted by atomic mass is 10.2. The summed E-state index contributed by atoms with van der Waals surface area (Å²) in [6.45, 7) is 0. The number of benzene rings is 1. The van der Waals surface area contributed by atoms with Gasteiger partial charge in [0.15, 0.2) is 0 Å². The molecule has 0 saturated carbocycles. The van der Waals surface area contributed by atoms with E-state index in [0.29, 0.717) is 22.5 Å². The van der Waals surface area contributed by atoms with Crippen LogP contribution in [-0.2, 0) is 5.88 Å². The van der Waals surface area contributed by atoms with E-state index < -0.39 is 0 Å². The number of thioether (sulfide) groups is 1. The van der Waals surface area contributed by atoms with Crippen molar-refractivity contribution < 1.29 is 0 Å². The Balaban J connectivity index is 1.86. The highest BCUT2D eigenvalue weighted by molar-refractivity contribution is 7.98. The number of hydrogen-bond donors (Lipinski definition) is 1. The molecule has 0 unspecified atom stereocenters. The number of rotatable bonds is 3. The molecule has 0 fully saturated rings. The van der Waals surface area contributed by atoms with Gasteiger partial charge in [-0.15, -0.1) is 5.10 Å². The molecule has 2 heterocycles. The van der Waals surface area contributed by atoms with Crippen molar-refractivity contribution in [3.05, 3.63) is 52.9 Å². The molecule has 100 valence electrons. The third kappa shape index (κ3) is 2.48. The molecule has 2 aromatic heterocycles. The molecule has 3 aromatic rings. The molecule has 6 nitrogen and oxygen atoms in total. The fourth-order valence-corrected chi connectivity index (χ4v) is 2.43. The van der Waals surface area contributed by atoms with Gasteiger partial charge in [0.05, 0.1) is 28.2 Å². The van der Waals surface area contributed by atoms with Gasteiger partial charge >= 0.3 is 0 Å². The van der Waals surface area contributed by atoms with E-state index >= 15 is 0 Å². The Bertz CT molecular complexity index is 800. The predicted octanol–water partition coefficient (Wildman–Crippen LogP) is 1.52. The molecule has 0 bridgehead atoms. The van der Waals surface area contributed by atoms with E-state index in [2.05, 4.69) is 15.3 Å². The summed E-state index contributed by atoms with van der Waals surface area (Å²) in [5.74, 6) is 0.355. The second-order valence-corrected chi connectivity index (χ2v) is 5.08. The van der Waals surface area contributed by atoms with Crippen molar-refractivity contribution in [2.75, 3.05) is 5.73 Å². The fraction of sp³-hybridized carbons (Fsp3) is 0.0769. The number of nitrogens with zero attached hydrogens (tertiary/aromatic N) is 4. The molecule has 7 heteroatoms. The number of nitrogen functional groups attached to an aromatic ring is 1. The molecular weight excluding hydrogens is 274 g/mol. The van der Waals surface area contributed by atoms with Gasteiger partial charge in [-0.3, -0.25) is 4.79 Å². The maximum Gasteiger partial charge on any atom is 0.278 e. The minimum atomic E-state index is -0.154. The van der Waals surface area contributed by atoms with Crippen LogP contribution in [0.4, 0.5) is 5.69 Å². The number of hydrogen-bond acceptors (Lipinski definition) is 6. The molecule has 1 aromatic carbocycles. The summed E-state index contributed by atoms with van der Waals surface area (Å²) >= 11 is 1.40. The summed E-state index contributed by atoms with van der Waals surface area (Å²) in [5.41, 5.74) is 6.63. The molecule has 0 saturated heterocycles. The minimum absolute atomic E-state index is 0.154. The van der Waals surface area contributed by atoms with Crippen LogP contribution in [0.2, 0.25) is 0 Å². The summed E-state index contributed by atoms with van der Waals surface area (Å²) in [6.07, 6.45) is 1.58. The van der Waals surface area contributed by atoms with Gasteiger partial charge in [-0.05, 0) is 24.3 Å². The minimum Gasteiger partial charge on any atom is -0.397 e. The normalized spacial score (nSPS) is 10.8. The van der Waals surface area contributed by atoms with Crippen molar-refractivity contribution in [1.29, 1.82) is 0 Å². The Kier molecular flexibility index (Phi) is 3.34. The first kappa shape index (κ1) is 12.6. The smallest absolute Gasteiger partial charge is 0.278 e. The number of anilines is 1. The SMILES string of the molecule is Nc1ccc(SCn2nnc3ccccc3c2=O)nc1. The van der Waals surface area contributed by atoms with E-state index in [0.717, 1.165) is 5.03 Å². The number of pyridine rings is 1. The average molecular weight is 285 g/mol. The van der Waals surface area contributed by atoms with Gasteiger partial charge in [0, 0.05) is 0 Å². The molecule has 0 aliphatic heterocycles. The van der Waals surface area contributed by atoms with E-state index in [1.165, 1.54) is 16.4 Å². The van der Waals surface area contributed by atoms with Gasteiger partial charge < -0.3 is 5.73 Å². The van der Waals surface area contributed by atoms with Crippen LogP contribution in [0, 0.1) is 0 Å². The quantitative estimate of drug-likeness (QED) is 0.734. The third-order valence-corrected chi connectivity index (χ3v) is 3.63. The summed E-state index contributed by atoms with van der Waals surface area (Å²) in [7, 11) is 0. The molecule has 0 amide bonds. The number of fused-ring (bicyclic) bond motifs is 1. The monoisotopic (exact) mass is 285 g/mol. The van der Waals surface area contributed by atoms with Crippen LogP contribution in [0.3, 0.4) is 0 Å². The molecule has 0 aliphatic rings. The lowest BCUT2D eigenvalue weighted by Crippen LogP contribution is -2.23. The van der Waals surface area contributed by atoms with Gasteiger partial charge in [0.1, 0.15) is 5.52 Å². The Hall–Kier alpha value is -2.41. The van der Waals surface area contributed by atoms with Crippen LogP contribution in [0.1, 0.15) is 0 Å². The molecule has 0 spiro atoms. The average Bonchev–Trinajstić information content (AvgIpc) is 2.49. The topological polar surface area (TPSA) is 86.7 Å². The van der Waals surface area contributed by atoms with E-state index in [9.17, 15) is 4.79 Å². The Morgan fingerprint density at radius 2 is 2.05 bits per heavy atom. The highest BCUT2D eigenvalue weighted by atomic mass is 32.2. The van der Waals surface area contributed by atoms with Gasteiger partial charge in [-0.1, -0.05) is 29.1 Å². The van der Waals surface area contributed by atoms with Gasteiger partial charge in [-0.2, -0.15) is 4.68 Å². The van der Waals surface area contributed by atoms with Crippen LogP contribution in [-0.4, -0.2) is 20.0 Å². The molecule has 20 heavy (non-hydrogen) atoms. The van der Waals surface area contributed by atoms with Crippen LogP contribution in [0.15, 0.2) is 52.4 Å². The van der Waals surface area contributed by atoms with Crippen molar-refractivity contribution >= 4 is 28.4 Å². The zero-order valence-electron chi connectivity index (χ0n) is 10.4. The third-order valence-electron chi connectivity index (χ3n) is 2.72. The van der Waals surface area contributed by atoms with Crippen LogP contribution in [0.25, 0.3) is 10.9 Å². The largest absolute Gasteiger partial charge is 0.397 e. The summed E-state index contributed by atoms with van der Waals surface area (Å²) in [5, 5.41) is 9.29. The molecule has 2 N–H and O–H groups in total. The van der Waals surface area contributed by atoms with Crippen molar-refractivity contribution in [1.82, 2.24) is 20.0 Å². The zero-order valence-corrected chi connectivity index (χ0v) is 11.2. The second kappa shape index (κ2) is 5.30. The zero-order chi connectivity index (χ0) is 13.9. The Morgan fingerprint density at radius 1 is 1.20 bits per heavy atom. The standard InChI is InChI=1S/C13H11N5OS/c14-9-5-6-12(15-7-9)20-8-18-13(19)10-3-1-2-4-11(10)16-17-18/h1-7H,8,14H2. The summed E-state index contributed by atoms with van der Waals surface area (Å²) in [4.78, 5) is 16.4. The first-order valence-corrected chi connectivity index (χ1v) is 6.89. The molecular formula is C13H11N5OS. The predicted molar refractivity (Wildman–Crippen MR) is 78.3 cm³/mol. The summed E-state index contributed by atoms with van der Waals surface area (Å²) in [6, 6.07) is 10.7. The molecule has 3 rings (SSSR count). The van der Waals surface area contributed by atoms with E-state index in [-0.39, 0.29) is 5.56 Å². The van der Waals surface area contributed by atoms with Crippen LogP contribution < -0.4 is 11.3 Å². The van der Waals surface area contributed by atoms with E-state index in [4.69, 9.17) is 5.73 Å². The maximum absolute atomic E-state index is 12.2. The van der Waals surface area contributed by atoms with E-state index in [1.54, 1.807) is 30.5 Å². The highest BCUT2D eigenvalue weighted by Gasteiger charge is 2.05. The van der Waals surface area contributed by atoms with Gasteiger partial charge in [-0.25, -0.2) is 4.98 Å². The first-order chi connectivity index (χ1) is 9.74. The van der Waals surface area contributed by atoms with Crippen molar-refractivity contribution in [2.24, 2.45) is 0 Å². The van der Waals surface area contributed by atoms with Crippen LogP contribution in [0.5, 0.6) is 0 Å². The number of nitrogens with two attached hydrogens (primary N) is 1.